The Morgan fingerprint density at radius 2 is 2.21 bits per heavy atom. The topological polar surface area (TPSA) is 50.4 Å². The molecular weight excluding hydrogens is 180 g/mol. The van der Waals surface area contributed by atoms with Gasteiger partial charge in [-0.3, -0.25) is 4.79 Å². The minimum atomic E-state index is -0.138. The second kappa shape index (κ2) is 2.95. The first-order chi connectivity index (χ1) is 6.52. The maximum Gasteiger partial charge on any atom is 0.166 e. The number of furan rings is 1. The number of ketones is 1. The van der Waals surface area contributed by atoms with Crippen LogP contribution in [0.5, 0.6) is 0 Å². The summed E-state index contributed by atoms with van der Waals surface area (Å²) in [5.41, 5.74) is 0.641. The Kier molecular flexibility index (Phi) is 2.00. The number of carbonyl (C=O) groups is 1. The van der Waals surface area contributed by atoms with Crippen LogP contribution in [-0.4, -0.2) is 10.9 Å². The second-order valence-electron chi connectivity index (χ2n) is 4.65. The van der Waals surface area contributed by atoms with Gasteiger partial charge >= 0.3 is 0 Å². The fourth-order valence-electron chi connectivity index (χ4n) is 1.96. The molecule has 1 aromatic rings. The average molecular weight is 194 g/mol. The maximum atomic E-state index is 11.7. The summed E-state index contributed by atoms with van der Waals surface area (Å²) in [6.45, 7) is 3.96. The van der Waals surface area contributed by atoms with Crippen LogP contribution in [0, 0.1) is 5.41 Å². The van der Waals surface area contributed by atoms with Crippen LogP contribution in [0.2, 0.25) is 0 Å². The summed E-state index contributed by atoms with van der Waals surface area (Å²) in [5, 5.41) is 8.90. The Hall–Kier alpha value is -1.09. The van der Waals surface area contributed by atoms with Crippen molar-refractivity contribution in [3.05, 3.63) is 23.2 Å². The molecule has 1 aliphatic rings. The minimum Gasteiger partial charge on any atom is -0.463 e. The summed E-state index contributed by atoms with van der Waals surface area (Å²) in [4.78, 5) is 11.7. The number of aliphatic hydroxyl groups is 1. The molecule has 1 aromatic heterocycles. The molecule has 0 fully saturated rings. The van der Waals surface area contributed by atoms with Crippen molar-refractivity contribution in [1.82, 2.24) is 0 Å². The van der Waals surface area contributed by atoms with Gasteiger partial charge < -0.3 is 9.52 Å². The van der Waals surface area contributed by atoms with E-state index in [4.69, 9.17) is 9.52 Å². The van der Waals surface area contributed by atoms with Crippen LogP contribution >= 0.6 is 0 Å². The highest BCUT2D eigenvalue weighted by atomic mass is 16.4. The second-order valence-corrected chi connectivity index (χ2v) is 4.65. The molecule has 0 saturated heterocycles. The van der Waals surface area contributed by atoms with Gasteiger partial charge in [0, 0.05) is 12.8 Å². The molecule has 76 valence electrons. The zero-order valence-corrected chi connectivity index (χ0v) is 8.46. The van der Waals surface area contributed by atoms with Crippen molar-refractivity contribution < 1.29 is 14.3 Å². The highest BCUT2D eigenvalue weighted by Gasteiger charge is 2.33. The number of rotatable bonds is 1. The molecule has 3 heteroatoms. The van der Waals surface area contributed by atoms with Gasteiger partial charge in [0.1, 0.15) is 18.1 Å². The van der Waals surface area contributed by atoms with E-state index in [1.54, 1.807) is 6.07 Å². The first-order valence-corrected chi connectivity index (χ1v) is 4.77. The molecule has 0 aromatic carbocycles. The summed E-state index contributed by atoms with van der Waals surface area (Å²) < 4.78 is 5.39. The van der Waals surface area contributed by atoms with E-state index in [2.05, 4.69) is 13.8 Å². The molecule has 0 radical (unpaired) electrons. The number of Topliss-reactive ketones (excluding diaryl/α,β-unsaturated/α-hetero) is 1. The van der Waals surface area contributed by atoms with Crippen molar-refractivity contribution in [1.29, 1.82) is 0 Å². The van der Waals surface area contributed by atoms with Gasteiger partial charge in [0.25, 0.3) is 0 Å². The summed E-state index contributed by atoms with van der Waals surface area (Å²) >= 11 is 0. The fourth-order valence-corrected chi connectivity index (χ4v) is 1.96. The van der Waals surface area contributed by atoms with Crippen LogP contribution in [0.1, 0.15) is 42.1 Å². The number of hydrogen-bond acceptors (Lipinski definition) is 3. The third-order valence-electron chi connectivity index (χ3n) is 2.59. The molecule has 2 rings (SSSR count). The molecule has 0 bridgehead atoms. The van der Waals surface area contributed by atoms with E-state index in [1.807, 2.05) is 0 Å². The number of carbonyl (C=O) groups excluding carboxylic acids is 1. The molecule has 1 N–H and O–H groups in total. The molecule has 0 atom stereocenters. The molecule has 3 nitrogen and oxygen atoms in total. The lowest BCUT2D eigenvalue weighted by atomic mass is 9.77. The lowest BCUT2D eigenvalue weighted by Gasteiger charge is -2.26. The Balaban J connectivity index is 2.43. The first kappa shape index (κ1) is 9.46. The number of hydrogen-bond donors (Lipinski definition) is 1. The molecule has 0 amide bonds. The maximum absolute atomic E-state index is 11.7. The predicted octanol–water partition coefficient (Wildman–Crippen LogP) is 1.93. The van der Waals surface area contributed by atoms with E-state index >= 15 is 0 Å². The summed E-state index contributed by atoms with van der Waals surface area (Å²) in [7, 11) is 0. The van der Waals surface area contributed by atoms with Crippen LogP contribution in [0.25, 0.3) is 0 Å². The van der Waals surface area contributed by atoms with Crippen molar-refractivity contribution in [2.24, 2.45) is 5.41 Å². The van der Waals surface area contributed by atoms with Gasteiger partial charge in [-0.1, -0.05) is 13.8 Å². The Labute approximate surface area is 82.7 Å². The van der Waals surface area contributed by atoms with Crippen LogP contribution in [0.3, 0.4) is 0 Å². The number of aliphatic hydroxyl groups excluding tert-OH is 1. The van der Waals surface area contributed by atoms with E-state index in [0.29, 0.717) is 17.7 Å². The average Bonchev–Trinajstić information content (AvgIpc) is 2.45. The lowest BCUT2D eigenvalue weighted by molar-refractivity contribution is 0.0903. The molecule has 14 heavy (non-hydrogen) atoms. The zero-order valence-electron chi connectivity index (χ0n) is 8.46. The Morgan fingerprint density at radius 3 is 2.86 bits per heavy atom. The molecule has 0 unspecified atom stereocenters. The zero-order chi connectivity index (χ0) is 10.3. The van der Waals surface area contributed by atoms with E-state index in [0.717, 1.165) is 12.2 Å². The highest BCUT2D eigenvalue weighted by molar-refractivity contribution is 5.98. The smallest absolute Gasteiger partial charge is 0.166 e. The van der Waals surface area contributed by atoms with Gasteiger partial charge in [-0.15, -0.1) is 0 Å². The van der Waals surface area contributed by atoms with Crippen molar-refractivity contribution >= 4 is 5.78 Å². The van der Waals surface area contributed by atoms with Gasteiger partial charge in [0.15, 0.2) is 5.78 Å². The molecule has 0 spiro atoms. The quantitative estimate of drug-likeness (QED) is 0.743. The summed E-state index contributed by atoms with van der Waals surface area (Å²) in [6.07, 6.45) is 1.33. The van der Waals surface area contributed by atoms with Crippen molar-refractivity contribution in [3.8, 4) is 0 Å². The standard InChI is InChI=1S/C11H14O3/c1-11(2)4-9(13)8-3-7(6-12)14-10(8)5-11/h3,12H,4-6H2,1-2H3. The monoisotopic (exact) mass is 194 g/mol. The Morgan fingerprint density at radius 1 is 1.50 bits per heavy atom. The number of fused-ring (bicyclic) bond motifs is 1. The van der Waals surface area contributed by atoms with E-state index < -0.39 is 0 Å². The van der Waals surface area contributed by atoms with Gasteiger partial charge in [-0.05, 0) is 11.5 Å². The van der Waals surface area contributed by atoms with Gasteiger partial charge in [-0.25, -0.2) is 0 Å². The third kappa shape index (κ3) is 1.48. The van der Waals surface area contributed by atoms with Gasteiger partial charge in [0.05, 0.1) is 5.56 Å². The summed E-state index contributed by atoms with van der Waals surface area (Å²) in [6, 6.07) is 1.66. The first-order valence-electron chi connectivity index (χ1n) is 4.77. The molecular formula is C11H14O3. The SMILES string of the molecule is CC1(C)CC(=O)c2cc(CO)oc2C1. The van der Waals surface area contributed by atoms with Crippen molar-refractivity contribution in [3.63, 3.8) is 0 Å². The normalized spacial score (nSPS) is 19.5. The summed E-state index contributed by atoms with van der Waals surface area (Å²) in [5.74, 6) is 1.34. The van der Waals surface area contributed by atoms with Crippen molar-refractivity contribution in [2.75, 3.05) is 0 Å². The fraction of sp³-hybridized carbons (Fsp3) is 0.545. The van der Waals surface area contributed by atoms with Crippen molar-refractivity contribution in [2.45, 2.75) is 33.3 Å². The molecule has 0 saturated carbocycles. The highest BCUT2D eigenvalue weighted by Crippen LogP contribution is 2.36. The molecule has 1 heterocycles. The molecule has 1 aliphatic carbocycles. The van der Waals surface area contributed by atoms with E-state index in [1.165, 1.54) is 0 Å². The Bertz CT molecular complexity index is 374. The van der Waals surface area contributed by atoms with Gasteiger partial charge in [0.2, 0.25) is 0 Å². The van der Waals surface area contributed by atoms with Crippen LogP contribution < -0.4 is 0 Å². The van der Waals surface area contributed by atoms with Crippen LogP contribution in [0.4, 0.5) is 0 Å². The molecule has 0 aliphatic heterocycles. The third-order valence-corrected chi connectivity index (χ3v) is 2.59. The van der Waals surface area contributed by atoms with Crippen LogP contribution in [0.15, 0.2) is 10.5 Å². The van der Waals surface area contributed by atoms with E-state index in [9.17, 15) is 4.79 Å². The predicted molar refractivity (Wildman–Crippen MR) is 51.1 cm³/mol. The largest absolute Gasteiger partial charge is 0.463 e. The van der Waals surface area contributed by atoms with E-state index in [-0.39, 0.29) is 17.8 Å². The lowest BCUT2D eigenvalue weighted by Crippen LogP contribution is -2.25. The van der Waals surface area contributed by atoms with Crippen LogP contribution in [-0.2, 0) is 13.0 Å². The van der Waals surface area contributed by atoms with Gasteiger partial charge in [-0.2, -0.15) is 0 Å². The minimum absolute atomic E-state index is 0.0192.